The Balaban J connectivity index is 2.02. The van der Waals surface area contributed by atoms with Gasteiger partial charge >= 0.3 is 0 Å². The number of carbonyl (C=O) groups excluding carboxylic acids is 2. The van der Waals surface area contributed by atoms with Crippen molar-refractivity contribution in [3.05, 3.63) is 35.1 Å². The first kappa shape index (κ1) is 19.9. The SMILES string of the molecule is C#Cc1ccc(CNC(=O)C2CCCN2C(=O)C(N)C(C)(C)C)c(F)c1. The third-order valence-electron chi connectivity index (χ3n) is 4.71. The monoisotopic (exact) mass is 359 g/mol. The van der Waals surface area contributed by atoms with Crippen LogP contribution in [0.4, 0.5) is 4.39 Å². The van der Waals surface area contributed by atoms with Crippen LogP contribution in [0.3, 0.4) is 0 Å². The average Bonchev–Trinajstić information content (AvgIpc) is 3.07. The van der Waals surface area contributed by atoms with E-state index in [1.807, 2.05) is 20.8 Å². The predicted molar refractivity (Wildman–Crippen MR) is 98.3 cm³/mol. The van der Waals surface area contributed by atoms with E-state index in [-0.39, 0.29) is 23.8 Å². The summed E-state index contributed by atoms with van der Waals surface area (Å²) >= 11 is 0. The van der Waals surface area contributed by atoms with Crippen LogP contribution in [0.2, 0.25) is 0 Å². The summed E-state index contributed by atoms with van der Waals surface area (Å²) in [7, 11) is 0. The molecule has 2 amide bonds. The maximum Gasteiger partial charge on any atom is 0.243 e. The second kappa shape index (κ2) is 7.88. The fraction of sp³-hybridized carbons (Fsp3) is 0.500. The normalized spacial score (nSPS) is 18.3. The molecule has 1 aromatic carbocycles. The number of nitrogens with two attached hydrogens (primary N) is 1. The van der Waals surface area contributed by atoms with Gasteiger partial charge in [0.15, 0.2) is 0 Å². The topological polar surface area (TPSA) is 75.4 Å². The van der Waals surface area contributed by atoms with E-state index in [1.165, 1.54) is 6.07 Å². The molecular formula is C20H26FN3O2. The van der Waals surface area contributed by atoms with Gasteiger partial charge in [-0.3, -0.25) is 9.59 Å². The average molecular weight is 359 g/mol. The molecule has 6 heteroatoms. The minimum absolute atomic E-state index is 0.0410. The van der Waals surface area contributed by atoms with Gasteiger partial charge in [-0.1, -0.05) is 32.8 Å². The third kappa shape index (κ3) is 4.41. The molecule has 0 bridgehead atoms. The highest BCUT2D eigenvalue weighted by molar-refractivity contribution is 5.90. The highest BCUT2D eigenvalue weighted by Crippen LogP contribution is 2.24. The molecule has 3 N–H and O–H groups in total. The summed E-state index contributed by atoms with van der Waals surface area (Å²) in [6.07, 6.45) is 6.56. The lowest BCUT2D eigenvalue weighted by atomic mass is 9.86. The van der Waals surface area contributed by atoms with Crippen LogP contribution in [0.1, 0.15) is 44.7 Å². The summed E-state index contributed by atoms with van der Waals surface area (Å²) in [4.78, 5) is 26.7. The molecule has 0 aromatic heterocycles. The van der Waals surface area contributed by atoms with Gasteiger partial charge in [0.1, 0.15) is 11.9 Å². The molecule has 2 rings (SSSR count). The maximum absolute atomic E-state index is 14.0. The molecule has 140 valence electrons. The van der Waals surface area contributed by atoms with Crippen LogP contribution >= 0.6 is 0 Å². The number of hydrogen-bond donors (Lipinski definition) is 2. The maximum atomic E-state index is 14.0. The predicted octanol–water partition coefficient (Wildman–Crippen LogP) is 1.79. The van der Waals surface area contributed by atoms with E-state index in [4.69, 9.17) is 12.2 Å². The second-order valence-electron chi connectivity index (χ2n) is 7.70. The van der Waals surface area contributed by atoms with Crippen molar-refractivity contribution in [1.82, 2.24) is 10.2 Å². The number of carbonyl (C=O) groups is 2. The highest BCUT2D eigenvalue weighted by atomic mass is 19.1. The van der Waals surface area contributed by atoms with Gasteiger partial charge in [-0.05, 0) is 30.4 Å². The van der Waals surface area contributed by atoms with Gasteiger partial charge in [0.2, 0.25) is 11.8 Å². The zero-order valence-electron chi connectivity index (χ0n) is 15.5. The summed E-state index contributed by atoms with van der Waals surface area (Å²) < 4.78 is 14.0. The number of rotatable bonds is 4. The number of terminal acetylenes is 1. The summed E-state index contributed by atoms with van der Waals surface area (Å²) in [5.41, 5.74) is 6.47. The van der Waals surface area contributed by atoms with E-state index < -0.39 is 17.9 Å². The number of hydrogen-bond acceptors (Lipinski definition) is 3. The lowest BCUT2D eigenvalue weighted by Gasteiger charge is -2.32. The Morgan fingerprint density at radius 1 is 1.46 bits per heavy atom. The Morgan fingerprint density at radius 2 is 2.15 bits per heavy atom. The quantitative estimate of drug-likeness (QED) is 0.805. The summed E-state index contributed by atoms with van der Waals surface area (Å²) in [5.74, 6) is 1.38. The molecule has 0 aliphatic carbocycles. The van der Waals surface area contributed by atoms with Gasteiger partial charge in [-0.2, -0.15) is 0 Å². The Bertz CT molecular complexity index is 734. The molecule has 1 saturated heterocycles. The Hall–Kier alpha value is -2.39. The van der Waals surface area contributed by atoms with E-state index >= 15 is 0 Å². The van der Waals surface area contributed by atoms with E-state index in [2.05, 4.69) is 11.2 Å². The largest absolute Gasteiger partial charge is 0.350 e. The van der Waals surface area contributed by atoms with Crippen LogP contribution in [0.5, 0.6) is 0 Å². The summed E-state index contributed by atoms with van der Waals surface area (Å²) in [6.45, 7) is 6.22. The third-order valence-corrected chi connectivity index (χ3v) is 4.71. The zero-order valence-corrected chi connectivity index (χ0v) is 15.5. The van der Waals surface area contributed by atoms with Crippen LogP contribution in [-0.2, 0) is 16.1 Å². The molecule has 1 aromatic rings. The molecule has 26 heavy (non-hydrogen) atoms. The standard InChI is InChI=1S/C20H26FN3O2/c1-5-13-8-9-14(15(21)11-13)12-23-18(25)16-7-6-10-24(16)19(26)17(22)20(2,3)4/h1,8-9,11,16-17H,6-7,10,12,22H2,2-4H3,(H,23,25). The van der Waals surface area contributed by atoms with Gasteiger partial charge in [0.05, 0.1) is 6.04 Å². The number of halogens is 1. The van der Waals surface area contributed by atoms with Crippen molar-refractivity contribution in [1.29, 1.82) is 0 Å². The van der Waals surface area contributed by atoms with E-state index in [1.54, 1.807) is 17.0 Å². The van der Waals surface area contributed by atoms with E-state index in [0.29, 0.717) is 24.1 Å². The van der Waals surface area contributed by atoms with Crippen molar-refractivity contribution >= 4 is 11.8 Å². The van der Waals surface area contributed by atoms with Crippen LogP contribution in [0, 0.1) is 23.6 Å². The number of likely N-dealkylation sites (tertiary alicyclic amines) is 1. The van der Waals surface area contributed by atoms with E-state index in [0.717, 1.165) is 6.42 Å². The van der Waals surface area contributed by atoms with Gasteiger partial charge in [0, 0.05) is 24.2 Å². The summed E-state index contributed by atoms with van der Waals surface area (Å²) in [6, 6.07) is 3.19. The number of nitrogens with zero attached hydrogens (tertiary/aromatic N) is 1. The minimum Gasteiger partial charge on any atom is -0.350 e. The first-order valence-electron chi connectivity index (χ1n) is 8.74. The molecule has 1 fully saturated rings. The van der Waals surface area contributed by atoms with Crippen molar-refractivity contribution in [2.75, 3.05) is 6.54 Å². The molecule has 1 heterocycles. The van der Waals surface area contributed by atoms with Crippen LogP contribution < -0.4 is 11.1 Å². The highest BCUT2D eigenvalue weighted by Gasteiger charge is 2.39. The number of benzene rings is 1. The molecule has 2 atom stereocenters. The Kier molecular flexibility index (Phi) is 6.04. The fourth-order valence-corrected chi connectivity index (χ4v) is 2.93. The number of amides is 2. The van der Waals surface area contributed by atoms with E-state index in [9.17, 15) is 14.0 Å². The summed E-state index contributed by atoms with van der Waals surface area (Å²) in [5, 5.41) is 2.72. The Labute approximate surface area is 154 Å². The fourth-order valence-electron chi connectivity index (χ4n) is 2.93. The first-order valence-corrected chi connectivity index (χ1v) is 8.74. The lowest BCUT2D eigenvalue weighted by molar-refractivity contribution is -0.141. The smallest absolute Gasteiger partial charge is 0.243 e. The van der Waals surface area contributed by atoms with Crippen molar-refractivity contribution < 1.29 is 14.0 Å². The Morgan fingerprint density at radius 3 is 2.73 bits per heavy atom. The second-order valence-corrected chi connectivity index (χ2v) is 7.70. The first-order chi connectivity index (χ1) is 12.1. The van der Waals surface area contributed by atoms with Crippen LogP contribution in [0.15, 0.2) is 18.2 Å². The van der Waals surface area contributed by atoms with Gasteiger partial charge in [-0.25, -0.2) is 4.39 Å². The van der Waals surface area contributed by atoms with Gasteiger partial charge in [-0.15, -0.1) is 6.42 Å². The van der Waals surface area contributed by atoms with Gasteiger partial charge < -0.3 is 16.0 Å². The van der Waals surface area contributed by atoms with Crippen molar-refractivity contribution in [2.24, 2.45) is 11.1 Å². The molecule has 0 spiro atoms. The van der Waals surface area contributed by atoms with Crippen molar-refractivity contribution in [2.45, 2.75) is 52.2 Å². The van der Waals surface area contributed by atoms with Crippen LogP contribution in [-0.4, -0.2) is 35.3 Å². The van der Waals surface area contributed by atoms with Crippen molar-refractivity contribution in [3.8, 4) is 12.3 Å². The molecule has 5 nitrogen and oxygen atoms in total. The van der Waals surface area contributed by atoms with Gasteiger partial charge in [0.25, 0.3) is 0 Å². The molecule has 2 unspecified atom stereocenters. The van der Waals surface area contributed by atoms with Crippen LogP contribution in [0.25, 0.3) is 0 Å². The molecule has 0 radical (unpaired) electrons. The molecular weight excluding hydrogens is 333 g/mol. The zero-order chi connectivity index (χ0) is 19.5. The van der Waals surface area contributed by atoms with Crippen molar-refractivity contribution in [3.63, 3.8) is 0 Å². The molecule has 0 saturated carbocycles. The molecule has 1 aliphatic heterocycles. The molecule has 1 aliphatic rings. The lowest BCUT2D eigenvalue weighted by Crippen LogP contribution is -2.54. The number of nitrogens with one attached hydrogen (secondary N) is 1. The minimum atomic E-state index is -0.676.